The SMILES string of the molecule is COC(=O)C1CN(C(=O)CCc2nc(-c3ccc(F)cc3)no2)c2ccccc2O1. The van der Waals surface area contributed by atoms with Crippen LogP contribution in [-0.2, 0) is 20.7 Å². The van der Waals surface area contributed by atoms with Crippen LogP contribution in [0.5, 0.6) is 5.75 Å². The van der Waals surface area contributed by atoms with Crippen molar-refractivity contribution in [3.63, 3.8) is 0 Å². The van der Waals surface area contributed by atoms with Crippen LogP contribution in [0.1, 0.15) is 12.3 Å². The summed E-state index contributed by atoms with van der Waals surface area (Å²) in [5, 5.41) is 3.87. The molecule has 3 aromatic rings. The molecule has 0 saturated heterocycles. The summed E-state index contributed by atoms with van der Waals surface area (Å²) >= 11 is 0. The second kappa shape index (κ2) is 8.32. The van der Waals surface area contributed by atoms with Crippen molar-refractivity contribution in [2.24, 2.45) is 0 Å². The molecule has 0 spiro atoms. The fraction of sp³-hybridized carbons (Fsp3) is 0.238. The Bertz CT molecular complexity index is 1070. The monoisotopic (exact) mass is 411 g/mol. The molecule has 2 heterocycles. The number of anilines is 1. The number of hydrogen-bond acceptors (Lipinski definition) is 7. The van der Waals surface area contributed by atoms with E-state index in [1.165, 1.54) is 24.1 Å². The molecule has 1 aliphatic rings. The van der Waals surface area contributed by atoms with Gasteiger partial charge in [-0.1, -0.05) is 17.3 Å². The molecule has 154 valence electrons. The van der Waals surface area contributed by atoms with Crippen LogP contribution in [0.3, 0.4) is 0 Å². The van der Waals surface area contributed by atoms with Crippen LogP contribution in [0, 0.1) is 5.82 Å². The average molecular weight is 411 g/mol. The molecular weight excluding hydrogens is 393 g/mol. The van der Waals surface area contributed by atoms with E-state index >= 15 is 0 Å². The number of methoxy groups -OCH3 is 1. The van der Waals surface area contributed by atoms with Crippen LogP contribution in [-0.4, -0.2) is 41.8 Å². The second-order valence-corrected chi connectivity index (χ2v) is 6.62. The number of fused-ring (bicyclic) bond motifs is 1. The lowest BCUT2D eigenvalue weighted by Crippen LogP contribution is -2.47. The molecule has 1 atom stereocenters. The number of carbonyl (C=O) groups excluding carboxylic acids is 2. The first-order valence-electron chi connectivity index (χ1n) is 9.27. The first kappa shape index (κ1) is 19.6. The van der Waals surface area contributed by atoms with Crippen molar-refractivity contribution in [2.45, 2.75) is 18.9 Å². The largest absolute Gasteiger partial charge is 0.475 e. The molecule has 2 aromatic carbocycles. The molecule has 0 N–H and O–H groups in total. The lowest BCUT2D eigenvalue weighted by Gasteiger charge is -2.33. The van der Waals surface area contributed by atoms with E-state index < -0.39 is 12.1 Å². The normalized spacial score (nSPS) is 15.3. The maximum Gasteiger partial charge on any atom is 0.348 e. The number of halogens is 1. The number of aromatic nitrogens is 2. The summed E-state index contributed by atoms with van der Waals surface area (Å²) in [4.78, 5) is 30.6. The zero-order valence-electron chi connectivity index (χ0n) is 16.1. The van der Waals surface area contributed by atoms with Crippen molar-refractivity contribution in [1.82, 2.24) is 10.1 Å². The fourth-order valence-corrected chi connectivity index (χ4v) is 3.15. The standard InChI is InChI=1S/C21H18FN3O5/c1-28-21(27)17-12-25(15-4-2-3-5-16(15)29-17)19(26)11-10-18-23-20(24-30-18)13-6-8-14(22)9-7-13/h2-9,17H,10-12H2,1H3. The van der Waals surface area contributed by atoms with E-state index in [1.54, 1.807) is 36.4 Å². The number of benzene rings is 2. The number of rotatable bonds is 5. The molecule has 0 saturated carbocycles. The van der Waals surface area contributed by atoms with Crippen LogP contribution < -0.4 is 9.64 Å². The van der Waals surface area contributed by atoms with Crippen molar-refractivity contribution in [1.29, 1.82) is 0 Å². The Hall–Kier alpha value is -3.75. The maximum atomic E-state index is 13.1. The molecule has 0 aliphatic carbocycles. The maximum absolute atomic E-state index is 13.1. The first-order chi connectivity index (χ1) is 14.5. The van der Waals surface area contributed by atoms with Gasteiger partial charge in [-0.2, -0.15) is 4.98 Å². The van der Waals surface area contributed by atoms with Gasteiger partial charge in [-0.3, -0.25) is 4.79 Å². The van der Waals surface area contributed by atoms with Crippen molar-refractivity contribution >= 4 is 17.6 Å². The number of amides is 1. The van der Waals surface area contributed by atoms with Gasteiger partial charge in [-0.05, 0) is 36.4 Å². The number of aryl methyl sites for hydroxylation is 1. The summed E-state index contributed by atoms with van der Waals surface area (Å²) < 4.78 is 28.7. The average Bonchev–Trinajstić information content (AvgIpc) is 3.25. The van der Waals surface area contributed by atoms with Crippen molar-refractivity contribution in [2.75, 3.05) is 18.6 Å². The fourth-order valence-electron chi connectivity index (χ4n) is 3.15. The van der Waals surface area contributed by atoms with E-state index in [0.29, 0.717) is 22.8 Å². The number of nitrogens with zero attached hydrogens (tertiary/aromatic N) is 3. The Labute approximate surface area is 171 Å². The first-order valence-corrected chi connectivity index (χ1v) is 9.27. The van der Waals surface area contributed by atoms with Gasteiger partial charge >= 0.3 is 5.97 Å². The van der Waals surface area contributed by atoms with Crippen molar-refractivity contribution in [3.05, 3.63) is 60.2 Å². The Morgan fingerprint density at radius 2 is 1.97 bits per heavy atom. The number of esters is 1. The molecule has 0 fully saturated rings. The summed E-state index contributed by atoms with van der Waals surface area (Å²) in [5.74, 6) is -0.0917. The third kappa shape index (κ3) is 4.00. The van der Waals surface area contributed by atoms with Gasteiger partial charge in [-0.15, -0.1) is 0 Å². The molecule has 1 amide bonds. The summed E-state index contributed by atoms with van der Waals surface area (Å²) in [6.07, 6.45) is -0.592. The van der Waals surface area contributed by atoms with Gasteiger partial charge in [0.15, 0.2) is 0 Å². The van der Waals surface area contributed by atoms with Gasteiger partial charge in [0.2, 0.25) is 23.7 Å². The lowest BCUT2D eigenvalue weighted by atomic mass is 10.1. The highest BCUT2D eigenvalue weighted by molar-refractivity contribution is 5.96. The summed E-state index contributed by atoms with van der Waals surface area (Å²) in [7, 11) is 1.27. The van der Waals surface area contributed by atoms with Gasteiger partial charge in [-0.25, -0.2) is 9.18 Å². The van der Waals surface area contributed by atoms with Crippen LogP contribution in [0.2, 0.25) is 0 Å². The molecule has 1 aromatic heterocycles. The molecule has 0 radical (unpaired) electrons. The summed E-state index contributed by atoms with van der Waals surface area (Å²) in [6.45, 7) is 0.0488. The van der Waals surface area contributed by atoms with E-state index in [1.807, 2.05) is 0 Å². The van der Waals surface area contributed by atoms with Gasteiger partial charge in [0.1, 0.15) is 11.6 Å². The number of ether oxygens (including phenoxy) is 2. The Balaban J connectivity index is 1.46. The third-order valence-corrected chi connectivity index (χ3v) is 4.66. The quantitative estimate of drug-likeness (QED) is 0.596. The minimum atomic E-state index is -0.901. The van der Waals surface area contributed by atoms with Gasteiger partial charge < -0.3 is 18.9 Å². The van der Waals surface area contributed by atoms with Crippen molar-refractivity contribution in [3.8, 4) is 17.1 Å². The molecular formula is C21H18FN3O5. The minimum absolute atomic E-state index is 0.0488. The Kier molecular flexibility index (Phi) is 5.42. The molecule has 4 rings (SSSR count). The van der Waals surface area contributed by atoms with E-state index in [0.717, 1.165) is 0 Å². The van der Waals surface area contributed by atoms with E-state index in [2.05, 4.69) is 10.1 Å². The highest BCUT2D eigenvalue weighted by atomic mass is 19.1. The zero-order chi connectivity index (χ0) is 21.1. The molecule has 30 heavy (non-hydrogen) atoms. The minimum Gasteiger partial charge on any atom is -0.475 e. The predicted molar refractivity (Wildman–Crippen MR) is 103 cm³/mol. The Morgan fingerprint density at radius 1 is 1.20 bits per heavy atom. The molecule has 9 heteroatoms. The van der Waals surface area contributed by atoms with Crippen LogP contribution in [0.4, 0.5) is 10.1 Å². The van der Waals surface area contributed by atoms with E-state index in [4.69, 9.17) is 14.0 Å². The molecule has 1 unspecified atom stereocenters. The van der Waals surface area contributed by atoms with E-state index in [-0.39, 0.29) is 37.0 Å². The smallest absolute Gasteiger partial charge is 0.348 e. The van der Waals surface area contributed by atoms with Crippen LogP contribution in [0.15, 0.2) is 53.1 Å². The topological polar surface area (TPSA) is 94.8 Å². The Morgan fingerprint density at radius 3 is 2.73 bits per heavy atom. The van der Waals surface area contributed by atoms with Crippen LogP contribution in [0.25, 0.3) is 11.4 Å². The van der Waals surface area contributed by atoms with Gasteiger partial charge in [0.05, 0.1) is 19.3 Å². The van der Waals surface area contributed by atoms with Crippen LogP contribution >= 0.6 is 0 Å². The number of hydrogen-bond donors (Lipinski definition) is 0. The van der Waals surface area contributed by atoms with E-state index in [9.17, 15) is 14.0 Å². The third-order valence-electron chi connectivity index (χ3n) is 4.66. The summed E-state index contributed by atoms with van der Waals surface area (Å²) in [6, 6.07) is 12.7. The number of carbonyl (C=O) groups is 2. The molecule has 1 aliphatic heterocycles. The van der Waals surface area contributed by atoms with Crippen molar-refractivity contribution < 1.29 is 28.0 Å². The highest BCUT2D eigenvalue weighted by Gasteiger charge is 2.34. The molecule has 0 bridgehead atoms. The second-order valence-electron chi connectivity index (χ2n) is 6.62. The molecule has 8 nitrogen and oxygen atoms in total. The van der Waals surface area contributed by atoms with Gasteiger partial charge in [0, 0.05) is 18.4 Å². The predicted octanol–water partition coefficient (Wildman–Crippen LogP) is 2.78. The summed E-state index contributed by atoms with van der Waals surface area (Å²) in [5.41, 5.74) is 1.20. The highest BCUT2D eigenvalue weighted by Crippen LogP contribution is 2.33. The number of para-hydroxylation sites is 2. The lowest BCUT2D eigenvalue weighted by molar-refractivity contribution is -0.148. The zero-order valence-corrected chi connectivity index (χ0v) is 16.1. The van der Waals surface area contributed by atoms with Gasteiger partial charge in [0.25, 0.3) is 0 Å².